The highest BCUT2D eigenvalue weighted by atomic mass is 32.1. The van der Waals surface area contributed by atoms with Crippen molar-refractivity contribution >= 4 is 23.2 Å². The lowest BCUT2D eigenvalue weighted by molar-refractivity contribution is 0.0701. The number of carbonyl (C=O) groups is 2. The van der Waals surface area contributed by atoms with Crippen LogP contribution in [0.1, 0.15) is 19.5 Å². The van der Waals surface area contributed by atoms with Crippen molar-refractivity contribution in [3.05, 3.63) is 16.1 Å². The molecule has 0 aromatic carbocycles. The van der Waals surface area contributed by atoms with Crippen LogP contribution in [0.2, 0.25) is 0 Å². The van der Waals surface area contributed by atoms with Crippen LogP contribution in [0.25, 0.3) is 0 Å². The first-order chi connectivity index (χ1) is 8.58. The lowest BCUT2D eigenvalue weighted by Gasteiger charge is -2.15. The Labute approximate surface area is 108 Å². The molecule has 0 aliphatic heterocycles. The predicted octanol–water partition coefficient (Wildman–Crippen LogP) is 0.233. The molecule has 2 N–H and O–H groups in total. The minimum atomic E-state index is -1.10. The summed E-state index contributed by atoms with van der Waals surface area (Å²) in [5.41, 5.74) is 0. The molecule has 0 aliphatic carbocycles. The summed E-state index contributed by atoms with van der Waals surface area (Å²) < 4.78 is 9.86. The van der Waals surface area contributed by atoms with Crippen LogP contribution in [0.5, 0.6) is 0 Å². The second-order valence-electron chi connectivity index (χ2n) is 3.42. The van der Waals surface area contributed by atoms with Crippen LogP contribution in [-0.2, 0) is 9.47 Å². The molecule has 0 saturated carbocycles. The van der Waals surface area contributed by atoms with E-state index in [0.29, 0.717) is 13.2 Å². The van der Waals surface area contributed by atoms with Gasteiger partial charge in [-0.15, -0.1) is 11.3 Å². The molecular weight excluding hydrogens is 260 g/mol. The van der Waals surface area contributed by atoms with E-state index in [9.17, 15) is 9.59 Å². The normalized spacial score (nSPS) is 10.6. The molecule has 100 valence electrons. The Morgan fingerprint density at radius 1 is 1.44 bits per heavy atom. The van der Waals surface area contributed by atoms with E-state index in [1.165, 1.54) is 14.2 Å². The van der Waals surface area contributed by atoms with E-state index in [1.54, 1.807) is 0 Å². The van der Waals surface area contributed by atoms with Gasteiger partial charge in [-0.3, -0.25) is 4.79 Å². The Balaban J connectivity index is 2.64. The second-order valence-corrected chi connectivity index (χ2v) is 4.45. The molecule has 1 heterocycles. The number of aromatic carboxylic acids is 1. The lowest BCUT2D eigenvalue weighted by Crippen LogP contribution is -2.41. The third-order valence-corrected chi connectivity index (χ3v) is 2.97. The van der Waals surface area contributed by atoms with Crippen LogP contribution in [0.3, 0.4) is 0 Å². The Hall–Kier alpha value is -1.51. The number of hydrogen-bond donors (Lipinski definition) is 2. The number of rotatable bonds is 7. The summed E-state index contributed by atoms with van der Waals surface area (Å²) in [5, 5.41) is 11.5. The van der Waals surface area contributed by atoms with E-state index in [-0.39, 0.29) is 15.9 Å². The molecule has 0 fully saturated rings. The fourth-order valence-corrected chi connectivity index (χ4v) is 1.92. The van der Waals surface area contributed by atoms with Crippen molar-refractivity contribution in [1.29, 1.82) is 0 Å². The van der Waals surface area contributed by atoms with Gasteiger partial charge in [-0.05, 0) is 0 Å². The van der Waals surface area contributed by atoms with Gasteiger partial charge in [-0.2, -0.15) is 0 Å². The van der Waals surface area contributed by atoms with E-state index >= 15 is 0 Å². The minimum absolute atomic E-state index is 0.0233. The van der Waals surface area contributed by atoms with E-state index in [0.717, 1.165) is 17.5 Å². The number of nitrogens with zero attached hydrogens (tertiary/aromatic N) is 1. The van der Waals surface area contributed by atoms with E-state index in [1.807, 2.05) is 0 Å². The molecule has 1 amide bonds. The van der Waals surface area contributed by atoms with Gasteiger partial charge in [0.1, 0.15) is 4.88 Å². The van der Waals surface area contributed by atoms with Gasteiger partial charge in [-0.1, -0.05) is 0 Å². The standard InChI is InChI=1S/C10H14N2O5S/c1-16-4-6(5-17-2)12-8(13)9-11-3-7(18-9)10(14)15/h3,6H,4-5H2,1-2H3,(H,12,13)(H,14,15). The fraction of sp³-hybridized carbons (Fsp3) is 0.500. The number of methoxy groups -OCH3 is 2. The van der Waals surface area contributed by atoms with E-state index in [4.69, 9.17) is 14.6 Å². The van der Waals surface area contributed by atoms with Crippen molar-refractivity contribution in [1.82, 2.24) is 10.3 Å². The largest absolute Gasteiger partial charge is 0.477 e. The van der Waals surface area contributed by atoms with Crippen molar-refractivity contribution in [2.45, 2.75) is 6.04 Å². The number of amides is 1. The van der Waals surface area contributed by atoms with Gasteiger partial charge in [0, 0.05) is 14.2 Å². The summed E-state index contributed by atoms with van der Waals surface area (Å²) in [6, 6.07) is -0.301. The molecule has 0 unspecified atom stereocenters. The Bertz CT molecular complexity index is 414. The molecular formula is C10H14N2O5S. The van der Waals surface area contributed by atoms with Gasteiger partial charge in [-0.25, -0.2) is 9.78 Å². The Morgan fingerprint density at radius 2 is 2.06 bits per heavy atom. The summed E-state index contributed by atoms with van der Waals surface area (Å²) in [5.74, 6) is -1.54. The highest BCUT2D eigenvalue weighted by Crippen LogP contribution is 2.12. The first-order valence-corrected chi connectivity index (χ1v) is 5.88. The first kappa shape index (κ1) is 14.6. The van der Waals surface area contributed by atoms with Crippen molar-refractivity contribution in [3.8, 4) is 0 Å². The monoisotopic (exact) mass is 274 g/mol. The number of aromatic nitrogens is 1. The zero-order valence-electron chi connectivity index (χ0n) is 10.0. The quantitative estimate of drug-likeness (QED) is 0.738. The molecule has 0 spiro atoms. The SMILES string of the molecule is COCC(COC)NC(=O)c1ncc(C(=O)O)s1. The molecule has 1 rings (SSSR count). The van der Waals surface area contributed by atoms with Gasteiger partial charge >= 0.3 is 5.97 Å². The van der Waals surface area contributed by atoms with Gasteiger partial charge < -0.3 is 19.9 Å². The van der Waals surface area contributed by atoms with Crippen molar-refractivity contribution < 1.29 is 24.2 Å². The molecule has 1 aromatic heterocycles. The first-order valence-electron chi connectivity index (χ1n) is 5.06. The highest BCUT2D eigenvalue weighted by Gasteiger charge is 2.18. The average molecular weight is 274 g/mol. The second kappa shape index (κ2) is 7.04. The molecule has 18 heavy (non-hydrogen) atoms. The predicted molar refractivity (Wildman–Crippen MR) is 64.1 cm³/mol. The topological polar surface area (TPSA) is 97.8 Å². The summed E-state index contributed by atoms with van der Waals surface area (Å²) in [7, 11) is 3.03. The molecule has 0 aliphatic rings. The smallest absolute Gasteiger partial charge is 0.347 e. The number of nitrogens with one attached hydrogen (secondary N) is 1. The highest BCUT2D eigenvalue weighted by molar-refractivity contribution is 7.15. The third kappa shape index (κ3) is 4.06. The Kier molecular flexibility index (Phi) is 5.69. The maximum absolute atomic E-state index is 11.8. The Morgan fingerprint density at radius 3 is 2.50 bits per heavy atom. The maximum Gasteiger partial charge on any atom is 0.347 e. The van der Waals surface area contributed by atoms with Gasteiger partial charge in [0.15, 0.2) is 5.01 Å². The number of hydrogen-bond acceptors (Lipinski definition) is 6. The van der Waals surface area contributed by atoms with Crippen LogP contribution < -0.4 is 5.32 Å². The molecule has 0 bridgehead atoms. The summed E-state index contributed by atoms with van der Waals surface area (Å²) in [6.45, 7) is 0.605. The fourth-order valence-electron chi connectivity index (χ4n) is 1.26. The number of carboxylic acids is 1. The van der Waals surface area contributed by atoms with Crippen molar-refractivity contribution in [2.75, 3.05) is 27.4 Å². The molecule has 8 heteroatoms. The van der Waals surface area contributed by atoms with Crippen LogP contribution in [-0.4, -0.2) is 55.4 Å². The molecule has 0 radical (unpaired) electrons. The van der Waals surface area contributed by atoms with E-state index < -0.39 is 11.9 Å². The number of ether oxygens (including phenoxy) is 2. The lowest BCUT2D eigenvalue weighted by atomic mass is 10.3. The van der Waals surface area contributed by atoms with Crippen molar-refractivity contribution in [3.63, 3.8) is 0 Å². The molecule has 7 nitrogen and oxygen atoms in total. The van der Waals surface area contributed by atoms with E-state index in [2.05, 4.69) is 10.3 Å². The number of thiazole rings is 1. The molecule has 0 atom stereocenters. The molecule has 1 aromatic rings. The van der Waals surface area contributed by atoms with Crippen LogP contribution in [0.4, 0.5) is 0 Å². The minimum Gasteiger partial charge on any atom is -0.477 e. The van der Waals surface area contributed by atoms with Crippen LogP contribution in [0, 0.1) is 0 Å². The average Bonchev–Trinajstić information content (AvgIpc) is 2.79. The van der Waals surface area contributed by atoms with Gasteiger partial charge in [0.05, 0.1) is 25.5 Å². The maximum atomic E-state index is 11.8. The van der Waals surface area contributed by atoms with Gasteiger partial charge in [0.2, 0.25) is 0 Å². The summed E-state index contributed by atoms with van der Waals surface area (Å²) in [4.78, 5) is 26.2. The number of carbonyl (C=O) groups excluding carboxylic acids is 1. The summed E-state index contributed by atoms with van der Waals surface area (Å²) in [6.07, 6.45) is 1.16. The zero-order valence-corrected chi connectivity index (χ0v) is 10.8. The van der Waals surface area contributed by atoms with Crippen molar-refractivity contribution in [2.24, 2.45) is 0 Å². The van der Waals surface area contributed by atoms with Crippen LogP contribution in [0.15, 0.2) is 6.20 Å². The van der Waals surface area contributed by atoms with Gasteiger partial charge in [0.25, 0.3) is 5.91 Å². The van der Waals surface area contributed by atoms with Crippen LogP contribution >= 0.6 is 11.3 Å². The number of carboxylic acid groups (broad SMARTS) is 1. The zero-order chi connectivity index (χ0) is 13.5. The third-order valence-electron chi connectivity index (χ3n) is 1.98. The summed E-state index contributed by atoms with van der Waals surface area (Å²) >= 11 is 0.823. The molecule has 0 saturated heterocycles.